The van der Waals surface area contributed by atoms with Crippen LogP contribution in [0.5, 0.6) is 0 Å². The number of hydrogen-bond donors (Lipinski definition) is 1. The lowest BCUT2D eigenvalue weighted by Gasteiger charge is -2.04. The highest BCUT2D eigenvalue weighted by Crippen LogP contribution is 2.07. The number of tetrazole rings is 1. The number of aromatic nitrogens is 4. The molecule has 0 fully saturated rings. The Kier molecular flexibility index (Phi) is 3.66. The summed E-state index contributed by atoms with van der Waals surface area (Å²) in [4.78, 5) is 0. The molecular formula is C11H15N5O. The smallest absolute Gasteiger partial charge is 0.153 e. The molecule has 17 heavy (non-hydrogen) atoms. The number of methoxy groups -OCH3 is 1. The van der Waals surface area contributed by atoms with E-state index in [9.17, 15) is 0 Å². The van der Waals surface area contributed by atoms with Crippen LogP contribution in [0.25, 0.3) is 0 Å². The number of anilines is 1. The van der Waals surface area contributed by atoms with Gasteiger partial charge in [0.05, 0.1) is 13.2 Å². The molecule has 0 aliphatic rings. The van der Waals surface area contributed by atoms with Crippen LogP contribution in [-0.2, 0) is 17.7 Å². The minimum atomic E-state index is 0.613. The Bertz CT molecular complexity index is 465. The van der Waals surface area contributed by atoms with Crippen LogP contribution in [0, 0.1) is 0 Å². The van der Waals surface area contributed by atoms with Gasteiger partial charge in [-0.05, 0) is 28.1 Å². The van der Waals surface area contributed by atoms with Gasteiger partial charge in [0.1, 0.15) is 0 Å². The van der Waals surface area contributed by atoms with Gasteiger partial charge in [0.25, 0.3) is 0 Å². The van der Waals surface area contributed by atoms with E-state index < -0.39 is 0 Å². The summed E-state index contributed by atoms with van der Waals surface area (Å²) in [7, 11) is 1.66. The molecule has 0 saturated carbocycles. The Morgan fingerprint density at radius 3 is 2.76 bits per heavy atom. The predicted molar refractivity (Wildman–Crippen MR) is 63.4 cm³/mol. The maximum Gasteiger partial charge on any atom is 0.153 e. The van der Waals surface area contributed by atoms with E-state index >= 15 is 0 Å². The lowest BCUT2D eigenvalue weighted by molar-refractivity contribution is 0.199. The standard InChI is InChI=1S/C11H15N5O/c1-17-7-6-11-13-14-15-16(11)8-9-2-4-10(12)5-3-9/h2-5H,6-8,12H2,1H3. The molecule has 0 unspecified atom stereocenters. The number of nitrogens with two attached hydrogens (primary N) is 1. The van der Waals surface area contributed by atoms with Crippen molar-refractivity contribution >= 4 is 5.69 Å². The molecule has 0 amide bonds. The van der Waals surface area contributed by atoms with Crippen molar-refractivity contribution in [2.24, 2.45) is 0 Å². The Labute approximate surface area is 99.4 Å². The molecule has 90 valence electrons. The number of rotatable bonds is 5. The van der Waals surface area contributed by atoms with Crippen molar-refractivity contribution in [1.29, 1.82) is 0 Å². The van der Waals surface area contributed by atoms with E-state index in [0.29, 0.717) is 19.6 Å². The van der Waals surface area contributed by atoms with Gasteiger partial charge < -0.3 is 10.5 Å². The lowest BCUT2D eigenvalue weighted by atomic mass is 10.2. The van der Waals surface area contributed by atoms with Crippen molar-refractivity contribution in [3.05, 3.63) is 35.7 Å². The molecule has 1 aromatic carbocycles. The average molecular weight is 233 g/mol. The summed E-state index contributed by atoms with van der Waals surface area (Å²) in [6.45, 7) is 1.26. The molecule has 0 aliphatic heterocycles. The minimum Gasteiger partial charge on any atom is -0.399 e. The fraction of sp³-hybridized carbons (Fsp3) is 0.364. The van der Waals surface area contributed by atoms with E-state index in [1.807, 2.05) is 24.3 Å². The summed E-state index contributed by atoms with van der Waals surface area (Å²) in [6.07, 6.45) is 0.707. The number of nitrogens with zero attached hydrogens (tertiary/aromatic N) is 4. The van der Waals surface area contributed by atoms with Gasteiger partial charge in [-0.1, -0.05) is 12.1 Å². The lowest BCUT2D eigenvalue weighted by Crippen LogP contribution is -2.09. The fourth-order valence-corrected chi connectivity index (χ4v) is 1.51. The van der Waals surface area contributed by atoms with Gasteiger partial charge in [-0.25, -0.2) is 4.68 Å². The summed E-state index contributed by atoms with van der Waals surface area (Å²) >= 11 is 0. The normalized spacial score (nSPS) is 10.6. The van der Waals surface area contributed by atoms with Gasteiger partial charge in [0.15, 0.2) is 5.82 Å². The molecule has 0 aliphatic carbocycles. The van der Waals surface area contributed by atoms with Crippen molar-refractivity contribution in [2.75, 3.05) is 19.5 Å². The second-order valence-corrected chi connectivity index (χ2v) is 3.74. The highest BCUT2D eigenvalue weighted by Gasteiger charge is 2.06. The number of nitrogen functional groups attached to an aromatic ring is 1. The maximum absolute atomic E-state index is 5.63. The van der Waals surface area contributed by atoms with Crippen molar-refractivity contribution in [3.63, 3.8) is 0 Å². The second kappa shape index (κ2) is 5.40. The van der Waals surface area contributed by atoms with E-state index in [0.717, 1.165) is 17.1 Å². The summed E-state index contributed by atoms with van der Waals surface area (Å²) in [5, 5.41) is 11.6. The molecule has 0 saturated heterocycles. The zero-order valence-corrected chi connectivity index (χ0v) is 9.71. The van der Waals surface area contributed by atoms with E-state index in [2.05, 4.69) is 15.5 Å². The zero-order chi connectivity index (χ0) is 12.1. The molecule has 2 rings (SSSR count). The third kappa shape index (κ3) is 3.01. The maximum atomic E-state index is 5.63. The molecule has 2 aromatic rings. The third-order valence-corrected chi connectivity index (χ3v) is 2.45. The van der Waals surface area contributed by atoms with Gasteiger partial charge in [-0.15, -0.1) is 5.10 Å². The quantitative estimate of drug-likeness (QED) is 0.760. The molecule has 6 nitrogen and oxygen atoms in total. The third-order valence-electron chi connectivity index (χ3n) is 2.45. The molecule has 1 heterocycles. The highest BCUT2D eigenvalue weighted by molar-refractivity contribution is 5.39. The molecular weight excluding hydrogens is 218 g/mol. The molecule has 2 N–H and O–H groups in total. The monoisotopic (exact) mass is 233 g/mol. The topological polar surface area (TPSA) is 78.9 Å². The molecule has 0 atom stereocenters. The van der Waals surface area contributed by atoms with Gasteiger partial charge in [-0.2, -0.15) is 0 Å². The van der Waals surface area contributed by atoms with Crippen LogP contribution < -0.4 is 5.73 Å². The second-order valence-electron chi connectivity index (χ2n) is 3.74. The Morgan fingerprint density at radius 1 is 1.29 bits per heavy atom. The number of hydrogen-bond acceptors (Lipinski definition) is 5. The summed E-state index contributed by atoms with van der Waals surface area (Å²) in [5.41, 5.74) is 7.50. The summed E-state index contributed by atoms with van der Waals surface area (Å²) < 4.78 is 6.78. The van der Waals surface area contributed by atoms with E-state index in [1.54, 1.807) is 11.8 Å². The van der Waals surface area contributed by atoms with E-state index in [-0.39, 0.29) is 0 Å². The fourth-order valence-electron chi connectivity index (χ4n) is 1.51. The number of ether oxygens (including phenoxy) is 1. The highest BCUT2D eigenvalue weighted by atomic mass is 16.5. The first kappa shape index (κ1) is 11.5. The first-order chi connectivity index (χ1) is 8.29. The Balaban J connectivity index is 2.07. The largest absolute Gasteiger partial charge is 0.399 e. The van der Waals surface area contributed by atoms with Crippen molar-refractivity contribution < 1.29 is 4.74 Å². The molecule has 1 aromatic heterocycles. The van der Waals surface area contributed by atoms with Gasteiger partial charge in [0.2, 0.25) is 0 Å². The predicted octanol–water partition coefficient (Wildman–Crippen LogP) is 0.492. The van der Waals surface area contributed by atoms with Crippen molar-refractivity contribution in [2.45, 2.75) is 13.0 Å². The molecule has 0 bridgehead atoms. The van der Waals surface area contributed by atoms with E-state index in [1.165, 1.54) is 0 Å². The first-order valence-corrected chi connectivity index (χ1v) is 5.38. The van der Waals surface area contributed by atoms with Crippen LogP contribution >= 0.6 is 0 Å². The minimum absolute atomic E-state index is 0.613. The first-order valence-electron chi connectivity index (χ1n) is 5.38. The van der Waals surface area contributed by atoms with Gasteiger partial charge >= 0.3 is 0 Å². The van der Waals surface area contributed by atoms with Crippen molar-refractivity contribution in [3.8, 4) is 0 Å². The van der Waals surface area contributed by atoms with Crippen LogP contribution in [0.2, 0.25) is 0 Å². The van der Waals surface area contributed by atoms with Crippen LogP contribution in [0.1, 0.15) is 11.4 Å². The molecule has 0 spiro atoms. The van der Waals surface area contributed by atoms with Crippen LogP contribution in [-0.4, -0.2) is 33.9 Å². The SMILES string of the molecule is COCCc1nnnn1Cc1ccc(N)cc1. The van der Waals surface area contributed by atoms with Gasteiger partial charge in [-0.3, -0.25) is 0 Å². The molecule has 0 radical (unpaired) electrons. The van der Waals surface area contributed by atoms with Crippen molar-refractivity contribution in [1.82, 2.24) is 20.2 Å². The molecule has 6 heteroatoms. The van der Waals surface area contributed by atoms with Crippen LogP contribution in [0.3, 0.4) is 0 Å². The average Bonchev–Trinajstić information content (AvgIpc) is 2.77. The Hall–Kier alpha value is -1.95. The summed E-state index contributed by atoms with van der Waals surface area (Å²) in [6, 6.07) is 7.68. The van der Waals surface area contributed by atoms with Crippen LogP contribution in [0.4, 0.5) is 5.69 Å². The zero-order valence-electron chi connectivity index (χ0n) is 9.71. The summed E-state index contributed by atoms with van der Waals surface area (Å²) in [5.74, 6) is 0.823. The number of benzene rings is 1. The van der Waals surface area contributed by atoms with Gasteiger partial charge in [0, 0.05) is 19.2 Å². The van der Waals surface area contributed by atoms with E-state index in [4.69, 9.17) is 10.5 Å². The Morgan fingerprint density at radius 2 is 2.06 bits per heavy atom. The van der Waals surface area contributed by atoms with Crippen LogP contribution in [0.15, 0.2) is 24.3 Å².